The highest BCUT2D eigenvalue weighted by molar-refractivity contribution is 7.99. The van der Waals surface area contributed by atoms with E-state index in [0.29, 0.717) is 0 Å². The van der Waals surface area contributed by atoms with Crippen molar-refractivity contribution in [3.8, 4) is 11.3 Å². The van der Waals surface area contributed by atoms with Crippen LogP contribution in [0.4, 0.5) is 0 Å². The summed E-state index contributed by atoms with van der Waals surface area (Å²) in [5.41, 5.74) is 3.53. The van der Waals surface area contributed by atoms with Crippen molar-refractivity contribution in [3.63, 3.8) is 0 Å². The molecule has 0 bridgehead atoms. The third-order valence-electron chi connectivity index (χ3n) is 3.82. The molecule has 0 aliphatic carbocycles. The molecule has 3 nitrogen and oxygen atoms in total. The van der Waals surface area contributed by atoms with Gasteiger partial charge in [-0.2, -0.15) is 0 Å². The third-order valence-corrected chi connectivity index (χ3v) is 4.99. The van der Waals surface area contributed by atoms with Gasteiger partial charge in [-0.25, -0.2) is 4.98 Å². The molecule has 3 rings (SSSR count). The lowest BCUT2D eigenvalue weighted by atomic mass is 10.1. The van der Waals surface area contributed by atoms with Crippen LogP contribution >= 0.6 is 11.8 Å². The number of hydrogen-bond donors (Lipinski definition) is 2. The van der Waals surface area contributed by atoms with Gasteiger partial charge in [-0.15, -0.1) is 0 Å². The van der Waals surface area contributed by atoms with Gasteiger partial charge in [0, 0.05) is 15.4 Å². The number of aromatic amines is 1. The normalized spacial score (nSPS) is 10.9. The van der Waals surface area contributed by atoms with E-state index < -0.39 is 0 Å². The molecule has 3 aromatic rings. The largest absolute Gasteiger partial charge is 0.341 e. The Balaban J connectivity index is 1.78. The number of hydrogen-bond acceptors (Lipinski definition) is 3. The first kappa shape index (κ1) is 16.8. The number of aromatic nitrogens is 2. The second-order valence-corrected chi connectivity index (χ2v) is 6.93. The summed E-state index contributed by atoms with van der Waals surface area (Å²) in [4.78, 5) is 10.4. The SMILES string of the molecule is CCCNCc1ncc(-c2ccc(C)c(Sc3ccccc3)c2)[nH]1. The van der Waals surface area contributed by atoms with Gasteiger partial charge in [-0.1, -0.05) is 49.0 Å². The summed E-state index contributed by atoms with van der Waals surface area (Å²) >= 11 is 1.80. The topological polar surface area (TPSA) is 40.7 Å². The monoisotopic (exact) mass is 337 g/mol. The smallest absolute Gasteiger partial charge is 0.120 e. The summed E-state index contributed by atoms with van der Waals surface area (Å²) < 4.78 is 0. The van der Waals surface area contributed by atoms with Crippen LogP contribution in [0.25, 0.3) is 11.3 Å². The van der Waals surface area contributed by atoms with Gasteiger partial charge >= 0.3 is 0 Å². The van der Waals surface area contributed by atoms with Crippen LogP contribution in [0.1, 0.15) is 24.7 Å². The van der Waals surface area contributed by atoms with Crippen molar-refractivity contribution in [1.82, 2.24) is 15.3 Å². The van der Waals surface area contributed by atoms with Gasteiger partial charge in [0.1, 0.15) is 5.82 Å². The minimum atomic E-state index is 0.783. The molecule has 0 amide bonds. The van der Waals surface area contributed by atoms with Crippen LogP contribution in [0.15, 0.2) is 64.5 Å². The van der Waals surface area contributed by atoms with Crippen LogP contribution in [0.3, 0.4) is 0 Å². The van der Waals surface area contributed by atoms with Gasteiger partial charge < -0.3 is 10.3 Å². The Morgan fingerprint density at radius 3 is 2.75 bits per heavy atom. The number of benzene rings is 2. The first-order valence-corrected chi connectivity index (χ1v) is 9.16. The maximum absolute atomic E-state index is 4.48. The molecule has 0 saturated carbocycles. The number of rotatable bonds is 7. The van der Waals surface area contributed by atoms with E-state index in [9.17, 15) is 0 Å². The summed E-state index contributed by atoms with van der Waals surface area (Å²) in [5.74, 6) is 0.983. The van der Waals surface area contributed by atoms with E-state index in [4.69, 9.17) is 0 Å². The Hall–Kier alpha value is -2.04. The highest BCUT2D eigenvalue weighted by Crippen LogP contribution is 2.33. The molecule has 1 aromatic heterocycles. The number of imidazole rings is 1. The van der Waals surface area contributed by atoms with Crippen LogP contribution in [-0.4, -0.2) is 16.5 Å². The summed E-state index contributed by atoms with van der Waals surface area (Å²) in [6, 6.07) is 17.1. The zero-order valence-electron chi connectivity index (χ0n) is 14.2. The lowest BCUT2D eigenvalue weighted by Crippen LogP contribution is -2.14. The Morgan fingerprint density at radius 1 is 1.12 bits per heavy atom. The highest BCUT2D eigenvalue weighted by atomic mass is 32.2. The third kappa shape index (κ3) is 4.28. The van der Waals surface area contributed by atoms with Gasteiger partial charge in [0.05, 0.1) is 18.4 Å². The summed E-state index contributed by atoms with van der Waals surface area (Å²) in [5, 5.41) is 3.37. The van der Waals surface area contributed by atoms with E-state index in [1.807, 2.05) is 12.3 Å². The summed E-state index contributed by atoms with van der Waals surface area (Å²) in [7, 11) is 0. The first-order chi connectivity index (χ1) is 11.8. The number of H-pyrrole nitrogens is 1. The molecule has 2 aromatic carbocycles. The molecule has 24 heavy (non-hydrogen) atoms. The molecule has 0 unspecified atom stereocenters. The zero-order valence-corrected chi connectivity index (χ0v) is 15.0. The second kappa shape index (κ2) is 8.18. The molecule has 0 spiro atoms. The minimum Gasteiger partial charge on any atom is -0.341 e. The van der Waals surface area contributed by atoms with Gasteiger partial charge in [0.15, 0.2) is 0 Å². The Kier molecular flexibility index (Phi) is 5.72. The van der Waals surface area contributed by atoms with Crippen molar-refractivity contribution in [2.45, 2.75) is 36.6 Å². The van der Waals surface area contributed by atoms with E-state index in [0.717, 1.165) is 31.0 Å². The molecule has 1 heterocycles. The molecular weight excluding hydrogens is 314 g/mol. The molecule has 124 valence electrons. The quantitative estimate of drug-likeness (QED) is 0.594. The maximum Gasteiger partial charge on any atom is 0.120 e. The molecule has 0 saturated heterocycles. The number of aryl methyl sites for hydroxylation is 1. The van der Waals surface area contributed by atoms with Gasteiger partial charge in [-0.05, 0) is 43.7 Å². The van der Waals surface area contributed by atoms with Crippen molar-refractivity contribution in [2.24, 2.45) is 0 Å². The fraction of sp³-hybridized carbons (Fsp3) is 0.250. The molecule has 0 atom stereocenters. The molecular formula is C20H23N3S. The van der Waals surface area contributed by atoms with Crippen LogP contribution < -0.4 is 5.32 Å². The van der Waals surface area contributed by atoms with Crippen molar-refractivity contribution < 1.29 is 0 Å². The Labute approximate surface area is 147 Å². The van der Waals surface area contributed by atoms with Gasteiger partial charge in [0.2, 0.25) is 0 Å². The predicted octanol–water partition coefficient (Wildman–Crippen LogP) is 5.04. The fourth-order valence-electron chi connectivity index (χ4n) is 2.48. The average molecular weight is 337 g/mol. The van der Waals surface area contributed by atoms with Crippen molar-refractivity contribution in [3.05, 3.63) is 66.1 Å². The second-order valence-electron chi connectivity index (χ2n) is 5.82. The zero-order chi connectivity index (χ0) is 16.8. The Morgan fingerprint density at radius 2 is 1.96 bits per heavy atom. The lowest BCUT2D eigenvalue weighted by molar-refractivity contribution is 0.655. The van der Waals surface area contributed by atoms with Gasteiger partial charge in [0.25, 0.3) is 0 Å². The molecule has 0 aliphatic rings. The molecule has 0 aliphatic heterocycles. The van der Waals surface area contributed by atoms with E-state index in [1.54, 1.807) is 11.8 Å². The fourth-order valence-corrected chi connectivity index (χ4v) is 3.44. The molecule has 4 heteroatoms. The van der Waals surface area contributed by atoms with E-state index >= 15 is 0 Å². The summed E-state index contributed by atoms with van der Waals surface area (Å²) in [6.07, 6.45) is 3.05. The highest BCUT2D eigenvalue weighted by Gasteiger charge is 2.07. The summed E-state index contributed by atoms with van der Waals surface area (Å²) in [6.45, 7) is 6.12. The van der Waals surface area contributed by atoms with E-state index in [1.165, 1.54) is 20.9 Å². The van der Waals surface area contributed by atoms with Crippen LogP contribution in [0, 0.1) is 6.92 Å². The standard InChI is InChI=1S/C20H23N3S/c1-3-11-21-14-20-22-13-18(23-20)16-10-9-15(2)19(12-16)24-17-7-5-4-6-8-17/h4-10,12-13,21H,3,11,14H2,1-2H3,(H,22,23). The number of nitrogens with zero attached hydrogens (tertiary/aromatic N) is 1. The molecule has 0 fully saturated rings. The Bertz CT molecular complexity index is 781. The van der Waals surface area contributed by atoms with Crippen molar-refractivity contribution >= 4 is 11.8 Å². The molecule has 0 radical (unpaired) electrons. The van der Waals surface area contributed by atoms with Crippen molar-refractivity contribution in [2.75, 3.05) is 6.54 Å². The minimum absolute atomic E-state index is 0.783. The van der Waals surface area contributed by atoms with Crippen LogP contribution in [0.2, 0.25) is 0 Å². The van der Waals surface area contributed by atoms with E-state index in [-0.39, 0.29) is 0 Å². The van der Waals surface area contributed by atoms with Crippen LogP contribution in [0.5, 0.6) is 0 Å². The van der Waals surface area contributed by atoms with Crippen molar-refractivity contribution in [1.29, 1.82) is 0 Å². The average Bonchev–Trinajstić information content (AvgIpc) is 3.07. The first-order valence-electron chi connectivity index (χ1n) is 8.35. The molecule has 2 N–H and O–H groups in total. The lowest BCUT2D eigenvalue weighted by Gasteiger charge is -2.08. The van der Waals surface area contributed by atoms with Crippen LogP contribution in [-0.2, 0) is 6.54 Å². The van der Waals surface area contributed by atoms with E-state index in [2.05, 4.69) is 71.6 Å². The number of nitrogens with one attached hydrogen (secondary N) is 2. The van der Waals surface area contributed by atoms with Gasteiger partial charge in [-0.3, -0.25) is 0 Å². The predicted molar refractivity (Wildman–Crippen MR) is 101 cm³/mol. The maximum atomic E-state index is 4.48.